The van der Waals surface area contributed by atoms with E-state index in [1.54, 1.807) is 6.92 Å². The summed E-state index contributed by atoms with van der Waals surface area (Å²) in [6.45, 7) is 1.40. The zero-order valence-electron chi connectivity index (χ0n) is 15.0. The second kappa shape index (κ2) is 6.49. The van der Waals surface area contributed by atoms with Crippen molar-refractivity contribution in [2.45, 2.75) is 37.3 Å². The molecule has 0 radical (unpaired) electrons. The van der Waals surface area contributed by atoms with Gasteiger partial charge in [0, 0.05) is 4.88 Å². The van der Waals surface area contributed by atoms with Crippen molar-refractivity contribution in [3.8, 4) is 0 Å². The van der Waals surface area contributed by atoms with Gasteiger partial charge in [-0.05, 0) is 43.2 Å². The summed E-state index contributed by atoms with van der Waals surface area (Å²) in [5, 5.41) is 7.65. The molecule has 7 heteroatoms. The molecule has 0 bridgehead atoms. The van der Waals surface area contributed by atoms with Gasteiger partial charge in [0.15, 0.2) is 5.54 Å². The second-order valence-electron chi connectivity index (χ2n) is 7.27. The molecule has 2 aliphatic rings. The minimum atomic E-state index is -1.11. The topological polar surface area (TPSA) is 78.5 Å². The van der Waals surface area contributed by atoms with Crippen LogP contribution < -0.4 is 10.6 Å². The molecule has 2 aromatic rings. The number of amides is 4. The zero-order chi connectivity index (χ0) is 19.1. The molecule has 140 valence electrons. The number of nitrogens with one attached hydrogen (secondary N) is 2. The maximum atomic E-state index is 12.9. The Morgan fingerprint density at radius 1 is 1.19 bits per heavy atom. The number of hydrogen-bond acceptors (Lipinski definition) is 4. The molecule has 27 heavy (non-hydrogen) atoms. The number of urea groups is 1. The number of hydrogen-bond donors (Lipinski definition) is 2. The van der Waals surface area contributed by atoms with Crippen LogP contribution in [0.5, 0.6) is 0 Å². The summed E-state index contributed by atoms with van der Waals surface area (Å²) < 4.78 is 0. The van der Waals surface area contributed by atoms with Crippen molar-refractivity contribution in [3.63, 3.8) is 0 Å². The van der Waals surface area contributed by atoms with Crippen molar-refractivity contribution in [1.82, 2.24) is 15.5 Å². The van der Waals surface area contributed by atoms with Crippen molar-refractivity contribution in [2.24, 2.45) is 0 Å². The van der Waals surface area contributed by atoms with E-state index in [-0.39, 0.29) is 12.5 Å². The summed E-state index contributed by atoms with van der Waals surface area (Å²) in [5.41, 5.74) is -0.446. The molecule has 1 aliphatic carbocycles. The van der Waals surface area contributed by atoms with Crippen LogP contribution in [0.4, 0.5) is 4.79 Å². The minimum Gasteiger partial charge on any atom is -0.345 e. The summed E-state index contributed by atoms with van der Waals surface area (Å²) in [4.78, 5) is 39.7. The standard InChI is InChI=1S/C20H21N3O3S/c1-19(15-9-5-12-27-15)17(25)23(18(26)22-19)13-16(24)21-20(10-6-11-20)14-7-3-2-4-8-14/h2-5,7-9,12H,6,10-11,13H2,1H3,(H,21,24)(H,22,26)/t19-/m0/s1. The van der Waals surface area contributed by atoms with Crippen LogP contribution in [0.15, 0.2) is 47.8 Å². The highest BCUT2D eigenvalue weighted by Crippen LogP contribution is 2.41. The molecule has 4 rings (SSSR count). The fraction of sp³-hybridized carbons (Fsp3) is 0.350. The second-order valence-corrected chi connectivity index (χ2v) is 8.22. The minimum absolute atomic E-state index is 0.278. The maximum Gasteiger partial charge on any atom is 0.325 e. The van der Waals surface area contributed by atoms with E-state index in [0.29, 0.717) is 0 Å². The Labute approximate surface area is 161 Å². The van der Waals surface area contributed by atoms with E-state index in [1.807, 2.05) is 47.8 Å². The first-order chi connectivity index (χ1) is 12.9. The van der Waals surface area contributed by atoms with Crippen LogP contribution in [-0.4, -0.2) is 29.3 Å². The normalized spacial score (nSPS) is 23.7. The molecule has 6 nitrogen and oxygen atoms in total. The van der Waals surface area contributed by atoms with E-state index < -0.39 is 23.0 Å². The SMILES string of the molecule is C[C@@]1(c2cccs2)NC(=O)N(CC(=O)NC2(c3ccccc3)CCC2)C1=O. The number of benzene rings is 1. The average molecular weight is 383 g/mol. The lowest BCUT2D eigenvalue weighted by Crippen LogP contribution is -2.54. The number of carbonyl (C=O) groups excluding carboxylic acids is 3. The third kappa shape index (κ3) is 2.92. The van der Waals surface area contributed by atoms with E-state index in [2.05, 4.69) is 10.6 Å². The molecule has 1 aromatic heterocycles. The molecule has 2 N–H and O–H groups in total. The molecular weight excluding hydrogens is 362 g/mol. The summed E-state index contributed by atoms with van der Waals surface area (Å²) in [5.74, 6) is -0.718. The maximum absolute atomic E-state index is 12.9. The molecule has 1 saturated carbocycles. The van der Waals surface area contributed by atoms with Gasteiger partial charge in [-0.1, -0.05) is 36.4 Å². The Balaban J connectivity index is 1.48. The highest BCUT2D eigenvalue weighted by Gasteiger charge is 2.50. The molecule has 1 aliphatic heterocycles. The Morgan fingerprint density at radius 3 is 2.52 bits per heavy atom. The Bertz CT molecular complexity index is 877. The van der Waals surface area contributed by atoms with Crippen molar-refractivity contribution in [1.29, 1.82) is 0 Å². The third-order valence-corrected chi connectivity index (χ3v) is 6.59. The lowest BCUT2D eigenvalue weighted by Gasteiger charge is -2.43. The van der Waals surface area contributed by atoms with E-state index in [4.69, 9.17) is 0 Å². The van der Waals surface area contributed by atoms with Gasteiger partial charge in [-0.2, -0.15) is 0 Å². The van der Waals surface area contributed by atoms with Crippen LogP contribution in [0.3, 0.4) is 0 Å². The van der Waals surface area contributed by atoms with Crippen molar-refractivity contribution in [3.05, 3.63) is 58.3 Å². The first-order valence-corrected chi connectivity index (χ1v) is 9.87. The van der Waals surface area contributed by atoms with Gasteiger partial charge in [-0.15, -0.1) is 11.3 Å². The predicted molar refractivity (Wildman–Crippen MR) is 102 cm³/mol. The fourth-order valence-electron chi connectivity index (χ4n) is 3.79. The van der Waals surface area contributed by atoms with Gasteiger partial charge >= 0.3 is 6.03 Å². The highest BCUT2D eigenvalue weighted by atomic mass is 32.1. The lowest BCUT2D eigenvalue weighted by molar-refractivity contribution is -0.135. The first kappa shape index (κ1) is 17.7. The van der Waals surface area contributed by atoms with Crippen LogP contribution in [-0.2, 0) is 20.7 Å². The summed E-state index contributed by atoms with van der Waals surface area (Å²) in [6.07, 6.45) is 2.75. The Hall–Kier alpha value is -2.67. The number of nitrogens with zero attached hydrogens (tertiary/aromatic N) is 1. The Kier molecular flexibility index (Phi) is 4.26. The number of carbonyl (C=O) groups is 3. The predicted octanol–water partition coefficient (Wildman–Crippen LogP) is 2.71. The van der Waals surface area contributed by atoms with Gasteiger partial charge in [-0.25, -0.2) is 4.79 Å². The van der Waals surface area contributed by atoms with Crippen molar-refractivity contribution < 1.29 is 14.4 Å². The summed E-state index contributed by atoms with van der Waals surface area (Å²) in [6, 6.07) is 13.0. The summed E-state index contributed by atoms with van der Waals surface area (Å²) >= 11 is 1.40. The van der Waals surface area contributed by atoms with Crippen molar-refractivity contribution in [2.75, 3.05) is 6.54 Å². The van der Waals surface area contributed by atoms with Gasteiger partial charge in [0.2, 0.25) is 5.91 Å². The molecular formula is C20H21N3O3S. The number of imide groups is 1. The molecule has 4 amide bonds. The van der Waals surface area contributed by atoms with E-state index >= 15 is 0 Å². The van der Waals surface area contributed by atoms with Crippen LogP contribution in [0.2, 0.25) is 0 Å². The first-order valence-electron chi connectivity index (χ1n) is 8.99. The smallest absolute Gasteiger partial charge is 0.325 e. The van der Waals surface area contributed by atoms with Gasteiger partial charge in [0.1, 0.15) is 6.54 Å². The van der Waals surface area contributed by atoms with Crippen molar-refractivity contribution >= 4 is 29.2 Å². The Morgan fingerprint density at radius 2 is 1.93 bits per heavy atom. The van der Waals surface area contributed by atoms with E-state index in [9.17, 15) is 14.4 Å². The van der Waals surface area contributed by atoms with E-state index in [0.717, 1.165) is 34.6 Å². The molecule has 0 unspecified atom stereocenters. The molecule has 1 atom stereocenters. The van der Waals surface area contributed by atoms with Crippen LogP contribution in [0, 0.1) is 0 Å². The largest absolute Gasteiger partial charge is 0.345 e. The van der Waals surface area contributed by atoms with Gasteiger partial charge in [0.05, 0.1) is 5.54 Å². The molecule has 2 fully saturated rings. The van der Waals surface area contributed by atoms with E-state index in [1.165, 1.54) is 11.3 Å². The monoisotopic (exact) mass is 383 g/mol. The van der Waals surface area contributed by atoms with Crippen LogP contribution >= 0.6 is 11.3 Å². The molecule has 1 aromatic carbocycles. The van der Waals surface area contributed by atoms with Gasteiger partial charge < -0.3 is 10.6 Å². The molecule has 2 heterocycles. The molecule has 0 spiro atoms. The average Bonchev–Trinajstić information content (AvgIpc) is 3.24. The third-order valence-electron chi connectivity index (χ3n) is 5.50. The van der Waals surface area contributed by atoms with Gasteiger partial charge in [0.25, 0.3) is 5.91 Å². The fourth-order valence-corrected chi connectivity index (χ4v) is 4.63. The van der Waals surface area contributed by atoms with Crippen LogP contribution in [0.25, 0.3) is 0 Å². The number of rotatable bonds is 5. The zero-order valence-corrected chi connectivity index (χ0v) is 15.8. The highest BCUT2D eigenvalue weighted by molar-refractivity contribution is 7.10. The van der Waals surface area contributed by atoms with Gasteiger partial charge in [-0.3, -0.25) is 14.5 Å². The molecule has 1 saturated heterocycles. The number of thiophene rings is 1. The van der Waals surface area contributed by atoms with Crippen LogP contribution in [0.1, 0.15) is 36.6 Å². The lowest BCUT2D eigenvalue weighted by atomic mass is 9.72. The summed E-state index contributed by atoms with van der Waals surface area (Å²) in [7, 11) is 0. The quantitative estimate of drug-likeness (QED) is 0.780.